The molecule has 4 rings (SSSR count). The monoisotopic (exact) mass is 312 g/mol. The van der Waals surface area contributed by atoms with Crippen LogP contribution in [0.2, 0.25) is 0 Å². The highest BCUT2D eigenvalue weighted by atomic mass is 32.1. The van der Waals surface area contributed by atoms with E-state index in [1.54, 1.807) is 23.7 Å². The van der Waals surface area contributed by atoms with Crippen LogP contribution in [0.15, 0.2) is 24.5 Å². The van der Waals surface area contributed by atoms with Gasteiger partial charge in [-0.3, -0.25) is 4.98 Å². The van der Waals surface area contributed by atoms with Gasteiger partial charge in [-0.1, -0.05) is 16.6 Å². The molecule has 0 radical (unpaired) electrons. The van der Waals surface area contributed by atoms with Gasteiger partial charge < -0.3 is 5.73 Å². The Bertz CT molecular complexity index is 768. The molecule has 0 saturated carbocycles. The SMILES string of the molecule is NCc1nnn(-c2nc3c(s2)CCCC3)c1-c1ccncc1. The van der Waals surface area contributed by atoms with Crippen molar-refractivity contribution in [2.75, 3.05) is 0 Å². The second-order valence-corrected chi connectivity index (χ2v) is 6.37. The van der Waals surface area contributed by atoms with Gasteiger partial charge in [0.1, 0.15) is 11.4 Å². The van der Waals surface area contributed by atoms with Gasteiger partial charge in [0.15, 0.2) is 0 Å². The maximum atomic E-state index is 5.83. The fraction of sp³-hybridized carbons (Fsp3) is 0.333. The van der Waals surface area contributed by atoms with Crippen LogP contribution in [0.1, 0.15) is 29.1 Å². The lowest BCUT2D eigenvalue weighted by Crippen LogP contribution is -2.03. The molecule has 0 bridgehead atoms. The molecule has 2 N–H and O–H groups in total. The van der Waals surface area contributed by atoms with Crippen molar-refractivity contribution < 1.29 is 0 Å². The van der Waals surface area contributed by atoms with Crippen LogP contribution in [0.4, 0.5) is 0 Å². The average Bonchev–Trinajstić information content (AvgIpc) is 3.18. The molecule has 1 aliphatic rings. The van der Waals surface area contributed by atoms with E-state index in [-0.39, 0.29) is 0 Å². The first-order chi connectivity index (χ1) is 10.9. The molecule has 0 spiro atoms. The van der Waals surface area contributed by atoms with Crippen molar-refractivity contribution in [3.8, 4) is 16.4 Å². The van der Waals surface area contributed by atoms with E-state index in [0.717, 1.165) is 34.9 Å². The third-order valence-electron chi connectivity index (χ3n) is 3.90. The normalized spacial score (nSPS) is 14.0. The van der Waals surface area contributed by atoms with Crippen LogP contribution < -0.4 is 5.73 Å². The van der Waals surface area contributed by atoms with Crippen molar-refractivity contribution in [3.05, 3.63) is 40.8 Å². The highest BCUT2D eigenvalue weighted by Crippen LogP contribution is 2.31. The van der Waals surface area contributed by atoms with E-state index in [1.807, 2.05) is 16.8 Å². The third kappa shape index (κ3) is 2.22. The predicted molar refractivity (Wildman–Crippen MR) is 84.8 cm³/mol. The van der Waals surface area contributed by atoms with Crippen LogP contribution >= 0.6 is 11.3 Å². The molecular formula is C15H16N6S. The van der Waals surface area contributed by atoms with Crippen LogP contribution in [-0.2, 0) is 19.4 Å². The second kappa shape index (κ2) is 5.58. The highest BCUT2D eigenvalue weighted by molar-refractivity contribution is 7.14. The van der Waals surface area contributed by atoms with E-state index in [4.69, 9.17) is 10.7 Å². The summed E-state index contributed by atoms with van der Waals surface area (Å²) >= 11 is 1.71. The van der Waals surface area contributed by atoms with E-state index < -0.39 is 0 Å². The van der Waals surface area contributed by atoms with Crippen molar-refractivity contribution in [2.45, 2.75) is 32.2 Å². The van der Waals surface area contributed by atoms with Crippen LogP contribution in [0.25, 0.3) is 16.4 Å². The molecule has 7 heteroatoms. The summed E-state index contributed by atoms with van der Waals surface area (Å²) in [5, 5.41) is 9.40. The number of hydrogen-bond donors (Lipinski definition) is 1. The van der Waals surface area contributed by atoms with Crippen molar-refractivity contribution in [2.24, 2.45) is 5.73 Å². The number of hydrogen-bond acceptors (Lipinski definition) is 6. The van der Waals surface area contributed by atoms with Crippen LogP contribution in [-0.4, -0.2) is 25.0 Å². The molecule has 112 valence electrons. The first kappa shape index (κ1) is 13.5. The molecule has 22 heavy (non-hydrogen) atoms. The van der Waals surface area contributed by atoms with Crippen molar-refractivity contribution in [1.29, 1.82) is 0 Å². The lowest BCUT2D eigenvalue weighted by Gasteiger charge is -2.06. The largest absolute Gasteiger partial charge is 0.325 e. The van der Waals surface area contributed by atoms with Gasteiger partial charge in [0.05, 0.1) is 5.69 Å². The second-order valence-electron chi connectivity index (χ2n) is 5.31. The van der Waals surface area contributed by atoms with Crippen LogP contribution in [0.3, 0.4) is 0 Å². The average molecular weight is 312 g/mol. The molecule has 3 heterocycles. The van der Waals surface area contributed by atoms with Gasteiger partial charge in [-0.2, -0.15) is 4.68 Å². The minimum Gasteiger partial charge on any atom is -0.325 e. The standard InChI is InChI=1S/C15H16N6S/c16-9-12-14(10-5-7-17-8-6-10)21(20-19-12)15-18-11-3-1-2-4-13(11)22-15/h5-8H,1-4,9,16H2. The quantitative estimate of drug-likeness (QED) is 0.801. The smallest absolute Gasteiger partial charge is 0.212 e. The molecule has 3 aromatic heterocycles. The van der Waals surface area contributed by atoms with E-state index in [2.05, 4.69) is 15.3 Å². The lowest BCUT2D eigenvalue weighted by molar-refractivity contribution is 0.679. The van der Waals surface area contributed by atoms with E-state index >= 15 is 0 Å². The first-order valence-electron chi connectivity index (χ1n) is 7.41. The van der Waals surface area contributed by atoms with Gasteiger partial charge in [-0.15, -0.1) is 5.10 Å². The molecule has 0 aromatic carbocycles. The van der Waals surface area contributed by atoms with E-state index in [1.165, 1.54) is 23.4 Å². The summed E-state index contributed by atoms with van der Waals surface area (Å²) in [5.74, 6) is 0. The summed E-state index contributed by atoms with van der Waals surface area (Å²) in [4.78, 5) is 10.2. The molecule has 3 aromatic rings. The predicted octanol–water partition coefficient (Wildman–Crippen LogP) is 2.12. The Morgan fingerprint density at radius 2 is 2.00 bits per heavy atom. The molecule has 0 amide bonds. The lowest BCUT2D eigenvalue weighted by atomic mass is 10.0. The summed E-state index contributed by atoms with van der Waals surface area (Å²) in [7, 11) is 0. The minimum absolute atomic E-state index is 0.350. The third-order valence-corrected chi connectivity index (χ3v) is 5.04. The van der Waals surface area contributed by atoms with Gasteiger partial charge in [0.25, 0.3) is 0 Å². The Balaban J connectivity index is 1.85. The highest BCUT2D eigenvalue weighted by Gasteiger charge is 2.21. The van der Waals surface area contributed by atoms with Gasteiger partial charge in [0.2, 0.25) is 5.13 Å². The van der Waals surface area contributed by atoms with Crippen LogP contribution in [0.5, 0.6) is 0 Å². The molecule has 6 nitrogen and oxygen atoms in total. The van der Waals surface area contributed by atoms with Gasteiger partial charge >= 0.3 is 0 Å². The fourth-order valence-electron chi connectivity index (χ4n) is 2.81. The number of pyridine rings is 1. The molecule has 0 fully saturated rings. The zero-order chi connectivity index (χ0) is 14.9. The first-order valence-corrected chi connectivity index (χ1v) is 8.22. The molecule has 0 aliphatic heterocycles. The topological polar surface area (TPSA) is 82.5 Å². The number of fused-ring (bicyclic) bond motifs is 1. The van der Waals surface area contributed by atoms with Crippen molar-refractivity contribution in [1.82, 2.24) is 25.0 Å². The zero-order valence-corrected chi connectivity index (χ0v) is 12.9. The summed E-state index contributed by atoms with van der Waals surface area (Å²) in [6, 6.07) is 3.89. The number of aryl methyl sites for hydroxylation is 2. The number of aromatic nitrogens is 5. The summed E-state index contributed by atoms with van der Waals surface area (Å²) in [6.45, 7) is 0.350. The number of nitrogens with zero attached hydrogens (tertiary/aromatic N) is 5. The van der Waals surface area contributed by atoms with Gasteiger partial charge in [0, 0.05) is 29.4 Å². The number of rotatable bonds is 3. The van der Waals surface area contributed by atoms with E-state index in [0.29, 0.717) is 6.54 Å². The Morgan fingerprint density at radius 1 is 1.18 bits per heavy atom. The maximum Gasteiger partial charge on any atom is 0.212 e. The number of nitrogens with two attached hydrogens (primary N) is 1. The zero-order valence-electron chi connectivity index (χ0n) is 12.1. The molecular weight excluding hydrogens is 296 g/mol. The Morgan fingerprint density at radius 3 is 2.77 bits per heavy atom. The van der Waals surface area contributed by atoms with Crippen LogP contribution in [0, 0.1) is 0 Å². The Hall–Kier alpha value is -2.12. The Labute approximate surface area is 132 Å². The summed E-state index contributed by atoms with van der Waals surface area (Å²) < 4.78 is 1.82. The van der Waals surface area contributed by atoms with E-state index in [9.17, 15) is 0 Å². The summed E-state index contributed by atoms with van der Waals surface area (Å²) in [6.07, 6.45) is 8.18. The van der Waals surface area contributed by atoms with Gasteiger partial charge in [-0.05, 0) is 37.8 Å². The van der Waals surface area contributed by atoms with Crippen molar-refractivity contribution >= 4 is 11.3 Å². The molecule has 0 unspecified atom stereocenters. The molecule has 0 atom stereocenters. The van der Waals surface area contributed by atoms with Gasteiger partial charge in [-0.25, -0.2) is 4.98 Å². The Kier molecular flexibility index (Phi) is 3.44. The molecule has 1 aliphatic carbocycles. The number of thiazole rings is 1. The molecule has 0 saturated heterocycles. The van der Waals surface area contributed by atoms with Crippen molar-refractivity contribution in [3.63, 3.8) is 0 Å². The summed E-state index contributed by atoms with van der Waals surface area (Å²) in [5.41, 5.74) is 9.75. The maximum absolute atomic E-state index is 5.83. The fourth-order valence-corrected chi connectivity index (χ4v) is 3.91. The minimum atomic E-state index is 0.350.